The summed E-state index contributed by atoms with van der Waals surface area (Å²) in [6.07, 6.45) is -0.741. The topological polar surface area (TPSA) is 89.3 Å². The maximum atomic E-state index is 10.2. The number of hydrogen-bond donors (Lipinski definition) is 3. The molecule has 0 saturated heterocycles. The minimum absolute atomic E-state index is 0. The fourth-order valence-electron chi connectivity index (χ4n) is 0.186. The summed E-state index contributed by atoms with van der Waals surface area (Å²) in [6.45, 7) is -2.23. The van der Waals surface area contributed by atoms with Gasteiger partial charge in [0.05, 0.1) is 1.37 Å². The van der Waals surface area contributed by atoms with Gasteiger partial charge in [0.25, 0.3) is 0 Å². The highest BCUT2D eigenvalue weighted by molar-refractivity contribution is 5.85. The van der Waals surface area contributed by atoms with Gasteiger partial charge in [-0.3, -0.25) is 4.79 Å². The Bertz CT molecular complexity index is 173. The van der Waals surface area contributed by atoms with Crippen LogP contribution in [0, 0.1) is 0 Å². The van der Waals surface area contributed by atoms with Gasteiger partial charge in [-0.05, 0) is 12.9 Å². The van der Waals surface area contributed by atoms with Crippen LogP contribution in [0.2, 0.25) is 0 Å². The lowest BCUT2D eigenvalue weighted by molar-refractivity contribution is -0.138. The number of nitrogens with two attached hydrogens (primary N) is 2. The molecule has 5 N–H and O–H groups in total. The van der Waals surface area contributed by atoms with E-state index in [0.717, 1.165) is 0 Å². The van der Waals surface area contributed by atoms with Crippen LogP contribution in [0.3, 0.4) is 0 Å². The number of halogens is 2. The number of hydrogen-bond acceptors (Lipinski definition) is 3. The van der Waals surface area contributed by atoms with E-state index in [9.17, 15) is 4.79 Å². The highest BCUT2D eigenvalue weighted by Gasteiger charge is 2.07. The van der Waals surface area contributed by atoms with E-state index in [0.29, 0.717) is 0 Å². The first kappa shape index (κ1) is 8.07. The summed E-state index contributed by atoms with van der Waals surface area (Å²) in [5.74, 6) is -1.59. The van der Waals surface area contributed by atoms with Crippen molar-refractivity contribution in [2.24, 2.45) is 11.5 Å². The molecule has 0 aromatic carbocycles. The average Bonchev–Trinajstić information content (AvgIpc) is 1.56. The van der Waals surface area contributed by atoms with Gasteiger partial charge >= 0.3 is 5.97 Å². The van der Waals surface area contributed by atoms with Gasteiger partial charge in [0.2, 0.25) is 0 Å². The molecule has 0 aliphatic heterocycles. The Balaban J connectivity index is -0.000000500. The van der Waals surface area contributed by atoms with Crippen molar-refractivity contribution in [1.29, 1.82) is 0 Å². The Morgan fingerprint density at radius 1 is 1.80 bits per heavy atom. The Labute approximate surface area is 76.0 Å². The van der Waals surface area contributed by atoms with E-state index < -0.39 is 24.9 Å². The maximum absolute atomic E-state index is 10.2. The first-order valence-corrected chi connectivity index (χ1v) is 1.96. The van der Waals surface area contributed by atoms with Crippen LogP contribution in [-0.2, 0) is 4.79 Å². The van der Waals surface area contributed by atoms with Gasteiger partial charge in [0.15, 0.2) is 0 Å². The molecule has 0 aliphatic carbocycles. The van der Waals surface area contributed by atoms with Crippen LogP contribution in [0.5, 0.6) is 0 Å². The molecule has 4 nitrogen and oxygen atoms in total. The molecule has 0 radical (unpaired) electrons. The second-order valence-corrected chi connectivity index (χ2v) is 1.21. The molecular weight excluding hydrogens is 179 g/mol. The third-order valence-corrected chi connectivity index (χ3v) is 0.567. The van der Waals surface area contributed by atoms with Crippen molar-refractivity contribution < 1.29 is 14.0 Å². The molecule has 0 heterocycles. The minimum atomic E-state index is -2.35. The molecule has 0 spiro atoms. The second kappa shape index (κ2) is 8.97. The van der Waals surface area contributed by atoms with Gasteiger partial charge in [0.1, 0.15) is 6.02 Å². The van der Waals surface area contributed by atoms with Gasteiger partial charge in [0, 0.05) is 2.74 Å². The van der Waals surface area contributed by atoms with Crippen LogP contribution in [0.4, 0.5) is 0 Å². The summed E-state index contributed by atoms with van der Waals surface area (Å²) in [5, 5.41) is 8.27. The number of rotatable bonds is 3. The number of aliphatic carboxylic acids is 1. The standard InChI is InChI=1S/C4H10N2O2.2ClH/c5-2-1-3(6)4(7)8;;/h3H,1-2,5-6H2,(H,7,8);2*1H/t3-;;/m1../s1/i2D2,3D;;. The van der Waals surface area contributed by atoms with Gasteiger partial charge < -0.3 is 16.6 Å². The van der Waals surface area contributed by atoms with Gasteiger partial charge in [-0.25, -0.2) is 0 Å². The highest BCUT2D eigenvalue weighted by Crippen LogP contribution is 1.82. The zero-order valence-corrected chi connectivity index (χ0v) is 6.67. The Morgan fingerprint density at radius 2 is 2.20 bits per heavy atom. The summed E-state index contributed by atoms with van der Waals surface area (Å²) < 4.78 is 20.4. The van der Waals surface area contributed by atoms with E-state index in [1.165, 1.54) is 0 Å². The van der Waals surface area contributed by atoms with E-state index in [1.807, 2.05) is 0 Å². The van der Waals surface area contributed by atoms with E-state index >= 15 is 0 Å². The highest BCUT2D eigenvalue weighted by atomic mass is 35.5. The van der Waals surface area contributed by atoms with Crippen LogP contribution in [0.15, 0.2) is 0 Å². The smallest absolute Gasteiger partial charge is 0.320 e. The van der Waals surface area contributed by atoms with Gasteiger partial charge in [-0.1, -0.05) is 0 Å². The third-order valence-electron chi connectivity index (χ3n) is 0.567. The summed E-state index contributed by atoms with van der Waals surface area (Å²) in [4.78, 5) is 10.2. The Hall–Kier alpha value is -0.0300. The van der Waals surface area contributed by atoms with Crippen LogP contribution in [-0.4, -0.2) is 23.6 Å². The molecule has 0 aromatic rings. The third kappa shape index (κ3) is 7.97. The fourth-order valence-corrected chi connectivity index (χ4v) is 0.186. The molecule has 6 heteroatoms. The van der Waals surface area contributed by atoms with Gasteiger partial charge in [-0.2, -0.15) is 0 Å². The van der Waals surface area contributed by atoms with Crippen molar-refractivity contribution in [3.05, 3.63) is 0 Å². The van der Waals surface area contributed by atoms with E-state index in [4.69, 9.17) is 20.7 Å². The van der Waals surface area contributed by atoms with Crippen LogP contribution in [0.25, 0.3) is 0 Å². The Morgan fingerprint density at radius 3 is 2.30 bits per heavy atom. The predicted molar refractivity (Wildman–Crippen MR) is 43.8 cm³/mol. The SMILES string of the molecule is Cl.Cl.[2H]C([2H])(N)C[C@@]([2H])(N)C(=O)O. The van der Waals surface area contributed by atoms with Crippen molar-refractivity contribution in [2.75, 3.05) is 6.50 Å². The number of carbonyl (C=O) groups is 1. The molecule has 64 valence electrons. The largest absolute Gasteiger partial charge is 0.480 e. The second-order valence-electron chi connectivity index (χ2n) is 1.21. The van der Waals surface area contributed by atoms with Crippen molar-refractivity contribution in [1.82, 2.24) is 0 Å². The summed E-state index contributed by atoms with van der Waals surface area (Å²) in [6, 6.07) is -2.35. The summed E-state index contributed by atoms with van der Waals surface area (Å²) >= 11 is 0. The molecule has 0 unspecified atom stereocenters. The maximum Gasteiger partial charge on any atom is 0.320 e. The lowest BCUT2D eigenvalue weighted by Gasteiger charge is -2.00. The monoisotopic (exact) mass is 193 g/mol. The molecule has 0 amide bonds. The normalized spacial score (nSPS) is 19.6. The van der Waals surface area contributed by atoms with Crippen molar-refractivity contribution in [2.45, 2.75) is 12.4 Å². The van der Waals surface area contributed by atoms with Crippen molar-refractivity contribution in [3.8, 4) is 0 Å². The average molecular weight is 194 g/mol. The van der Waals surface area contributed by atoms with E-state index in [1.54, 1.807) is 0 Å². The van der Waals surface area contributed by atoms with Crippen LogP contribution < -0.4 is 11.5 Å². The molecular formula is C4H12Cl2N2O2. The lowest BCUT2D eigenvalue weighted by atomic mass is 10.2. The molecule has 0 bridgehead atoms. The van der Waals surface area contributed by atoms with Crippen molar-refractivity contribution in [3.63, 3.8) is 0 Å². The van der Waals surface area contributed by atoms with E-state index in [2.05, 4.69) is 0 Å². The van der Waals surface area contributed by atoms with E-state index in [-0.39, 0.29) is 24.8 Å². The lowest BCUT2D eigenvalue weighted by Crippen LogP contribution is -2.32. The molecule has 0 aromatic heterocycles. The number of carboxylic acids is 1. The summed E-state index contributed by atoms with van der Waals surface area (Å²) in [7, 11) is 0. The van der Waals surface area contributed by atoms with Crippen LogP contribution in [0.1, 0.15) is 10.5 Å². The Kier molecular flexibility index (Phi) is 7.24. The zero-order valence-electron chi connectivity index (χ0n) is 8.03. The molecule has 0 saturated carbocycles. The van der Waals surface area contributed by atoms with Gasteiger partial charge in [-0.15, -0.1) is 24.8 Å². The first-order chi connectivity index (χ1) is 4.65. The zero-order chi connectivity index (χ0) is 9.28. The number of carboxylic acid groups (broad SMARTS) is 1. The minimum Gasteiger partial charge on any atom is -0.480 e. The molecule has 0 rings (SSSR count). The molecule has 1 atom stereocenters. The van der Waals surface area contributed by atoms with Crippen molar-refractivity contribution >= 4 is 30.8 Å². The first-order valence-electron chi connectivity index (χ1n) is 3.46. The van der Waals surface area contributed by atoms with Crippen LogP contribution >= 0.6 is 24.8 Å². The predicted octanol–water partition coefficient (Wildman–Crippen LogP) is -0.409. The molecule has 0 fully saturated rings. The molecule has 0 aliphatic rings. The molecule has 10 heavy (non-hydrogen) atoms. The fraction of sp³-hybridized carbons (Fsp3) is 0.750. The summed E-state index contributed by atoms with van der Waals surface area (Å²) in [5.41, 5.74) is 9.72. The quantitative estimate of drug-likeness (QED) is 0.569.